The average molecular weight is 1210 g/mol. The molecule has 1 amide bonds. The molecule has 2 N–H and O–H groups in total. The van der Waals surface area contributed by atoms with Gasteiger partial charge in [0.05, 0.1) is 33.8 Å². The van der Waals surface area contributed by atoms with Gasteiger partial charge in [-0.15, -0.1) is 0 Å². The number of unbranched alkanes of at least 4 members (excludes halogenated alkanes) is 40. The van der Waals surface area contributed by atoms with Crippen molar-refractivity contribution in [2.75, 3.05) is 40.9 Å². The third-order valence-corrected chi connectivity index (χ3v) is 17.1. The Kier molecular flexibility index (Phi) is 62.5. The van der Waals surface area contributed by atoms with Crippen LogP contribution in [0.2, 0.25) is 0 Å². The molecule has 0 aliphatic carbocycles. The van der Waals surface area contributed by atoms with Crippen molar-refractivity contribution >= 4 is 19.7 Å². The first-order valence-corrected chi connectivity index (χ1v) is 37.8. The number of quaternary nitrogens is 1. The van der Waals surface area contributed by atoms with Gasteiger partial charge in [-0.3, -0.25) is 18.6 Å². The molecule has 0 saturated heterocycles. The Morgan fingerprint density at radius 3 is 1.13 bits per heavy atom. The Morgan fingerprint density at radius 1 is 0.424 bits per heavy atom. The van der Waals surface area contributed by atoms with Crippen molar-refractivity contribution in [2.45, 2.75) is 354 Å². The number of rotatable bonds is 66. The highest BCUT2D eigenvalue weighted by Crippen LogP contribution is 2.43. The number of amides is 1. The highest BCUT2D eigenvalue weighted by molar-refractivity contribution is 7.47. The molecule has 0 fully saturated rings. The van der Waals surface area contributed by atoms with Crippen molar-refractivity contribution in [3.63, 3.8) is 0 Å². The predicted molar refractivity (Wildman–Crippen MR) is 369 cm³/mol. The second-order valence-electron chi connectivity index (χ2n) is 25.7. The van der Waals surface area contributed by atoms with Gasteiger partial charge in [-0.2, -0.15) is 0 Å². The fourth-order valence-corrected chi connectivity index (χ4v) is 11.4. The maximum Gasteiger partial charge on any atom is 0.472 e. The van der Waals surface area contributed by atoms with Crippen molar-refractivity contribution in [1.29, 1.82) is 0 Å². The van der Waals surface area contributed by atoms with Gasteiger partial charge < -0.3 is 19.4 Å². The van der Waals surface area contributed by atoms with E-state index in [1.54, 1.807) is 0 Å². The van der Waals surface area contributed by atoms with Crippen molar-refractivity contribution in [2.24, 2.45) is 0 Å². The molecule has 9 nitrogen and oxygen atoms in total. The van der Waals surface area contributed by atoms with Crippen molar-refractivity contribution in [3.05, 3.63) is 72.9 Å². The van der Waals surface area contributed by atoms with E-state index >= 15 is 0 Å². The normalized spacial score (nSPS) is 13.9. The minimum absolute atomic E-state index is 0.0378. The van der Waals surface area contributed by atoms with Crippen LogP contribution in [-0.4, -0.2) is 74.3 Å². The SMILES string of the molecule is CC/C=C\C/C=C\C/C=C\C/C=C\C/C=C\CCCCCCCCCC(=O)OC(/C=C/CCCCCCCCCCC)C(COP(=O)(O)OCC[N+](C)(C)C)NC(=O)CCCCCCCCCCCCCCCCCCCCCCCCCCC. The number of likely N-dealkylation sites (N-methyl/N-ethyl adjacent to an activating group) is 1. The first kappa shape index (κ1) is 82.5. The second kappa shape index (κ2) is 64.4. The third kappa shape index (κ3) is 65.7. The van der Waals surface area contributed by atoms with Crippen LogP contribution in [0, 0.1) is 0 Å². The van der Waals surface area contributed by atoms with Crippen LogP contribution in [0.15, 0.2) is 72.9 Å². The van der Waals surface area contributed by atoms with E-state index in [4.69, 9.17) is 13.8 Å². The molecular weight excluding hydrogens is 1070 g/mol. The van der Waals surface area contributed by atoms with Crippen LogP contribution in [0.4, 0.5) is 0 Å². The molecule has 496 valence electrons. The summed E-state index contributed by atoms with van der Waals surface area (Å²) < 4.78 is 30.8. The molecule has 0 heterocycles. The molecule has 0 bridgehead atoms. The summed E-state index contributed by atoms with van der Waals surface area (Å²) in [5.74, 6) is -0.506. The number of esters is 1. The molecule has 85 heavy (non-hydrogen) atoms. The lowest BCUT2D eigenvalue weighted by atomic mass is 10.0. The number of hydrogen-bond donors (Lipinski definition) is 2. The monoisotopic (exact) mass is 1210 g/mol. The zero-order valence-corrected chi connectivity index (χ0v) is 57.7. The van der Waals surface area contributed by atoms with Gasteiger partial charge >= 0.3 is 13.8 Å². The van der Waals surface area contributed by atoms with Gasteiger partial charge in [0.25, 0.3) is 0 Å². The number of hydrogen-bond acceptors (Lipinski definition) is 6. The maximum atomic E-state index is 13.6. The van der Waals surface area contributed by atoms with Crippen molar-refractivity contribution in [3.8, 4) is 0 Å². The second-order valence-corrected chi connectivity index (χ2v) is 27.2. The van der Waals surface area contributed by atoms with Gasteiger partial charge in [0.2, 0.25) is 5.91 Å². The molecule has 3 unspecified atom stereocenters. The summed E-state index contributed by atoms with van der Waals surface area (Å²) in [6.07, 6.45) is 85.0. The van der Waals surface area contributed by atoms with Crippen LogP contribution >= 0.6 is 7.82 Å². The molecule has 0 aromatic heterocycles. The van der Waals surface area contributed by atoms with Gasteiger partial charge in [0.15, 0.2) is 0 Å². The molecule has 10 heteroatoms. The Labute approximate surface area is 527 Å². The highest BCUT2D eigenvalue weighted by atomic mass is 31.2. The van der Waals surface area contributed by atoms with Gasteiger partial charge in [0.1, 0.15) is 19.3 Å². The summed E-state index contributed by atoms with van der Waals surface area (Å²) in [4.78, 5) is 37.9. The first-order chi connectivity index (χ1) is 41.4. The average Bonchev–Trinajstić information content (AvgIpc) is 3.62. The zero-order chi connectivity index (χ0) is 62.1. The highest BCUT2D eigenvalue weighted by Gasteiger charge is 2.30. The van der Waals surface area contributed by atoms with Gasteiger partial charge in [-0.25, -0.2) is 4.57 Å². The molecule has 0 aliphatic rings. The predicted octanol–water partition coefficient (Wildman–Crippen LogP) is 23.1. The molecule has 0 spiro atoms. The molecule has 0 aliphatic heterocycles. The van der Waals surface area contributed by atoms with Crippen molar-refractivity contribution in [1.82, 2.24) is 5.32 Å². The standard InChI is InChI=1S/C75H139N2O7P/c1-7-10-13-16-19-22-25-27-29-31-33-35-37-38-40-41-43-45-47-49-52-55-58-61-64-67-74(78)76-72(71-83-85(80,81)82-70-69-77(4,5)6)73(66-63-60-57-54-51-24-21-18-15-12-9-3)84-75(79)68-65-62-59-56-53-50-48-46-44-42-39-36-34-32-30-28-26-23-20-17-14-11-8-2/h11,14,20,23,28,30,34,36,42,44,63,66,72-73H,7-10,12-13,15-19,21-22,24-27,29,31-33,35,37-41,43,45-62,64-65,67-71H2,1-6H3,(H-,76,78,80,81)/p+1/b14-11-,23-20-,30-28-,36-34-,44-42-,66-63+. The van der Waals surface area contributed by atoms with E-state index in [1.807, 2.05) is 33.3 Å². The van der Waals surface area contributed by atoms with Gasteiger partial charge in [-0.05, 0) is 76.7 Å². The minimum atomic E-state index is -4.46. The van der Waals surface area contributed by atoms with Crippen molar-refractivity contribution < 1.29 is 37.3 Å². The number of phosphoric acid groups is 1. The quantitative estimate of drug-likeness (QED) is 0.0205. The number of ether oxygens (including phenoxy) is 1. The number of nitrogens with zero attached hydrogens (tertiary/aromatic N) is 1. The van der Waals surface area contributed by atoms with E-state index in [9.17, 15) is 19.0 Å². The molecule has 0 radical (unpaired) electrons. The van der Waals surface area contributed by atoms with Gasteiger partial charge in [-0.1, -0.05) is 325 Å². The van der Waals surface area contributed by atoms with E-state index in [0.717, 1.165) is 103 Å². The third-order valence-electron chi connectivity index (χ3n) is 16.2. The van der Waals surface area contributed by atoms with Crippen LogP contribution in [0.25, 0.3) is 0 Å². The maximum absolute atomic E-state index is 13.6. The topological polar surface area (TPSA) is 111 Å². The van der Waals surface area contributed by atoms with E-state index < -0.39 is 20.0 Å². The van der Waals surface area contributed by atoms with Crippen LogP contribution in [0.1, 0.15) is 342 Å². The summed E-state index contributed by atoms with van der Waals surface area (Å²) in [6.45, 7) is 6.93. The lowest BCUT2D eigenvalue weighted by Gasteiger charge is -2.27. The van der Waals surface area contributed by atoms with E-state index in [2.05, 4.69) is 86.8 Å². The van der Waals surface area contributed by atoms with E-state index in [0.29, 0.717) is 17.4 Å². The Bertz CT molecular complexity index is 1680. The van der Waals surface area contributed by atoms with Crippen LogP contribution in [0.5, 0.6) is 0 Å². The van der Waals surface area contributed by atoms with Crippen LogP contribution in [-0.2, 0) is 27.9 Å². The van der Waals surface area contributed by atoms with E-state index in [-0.39, 0.29) is 31.5 Å². The summed E-state index contributed by atoms with van der Waals surface area (Å²) in [7, 11) is 1.50. The number of allylic oxidation sites excluding steroid dienone is 11. The molecule has 3 atom stereocenters. The fraction of sp³-hybridized carbons (Fsp3) is 0.813. The van der Waals surface area contributed by atoms with E-state index in [1.165, 1.54) is 205 Å². The summed E-state index contributed by atoms with van der Waals surface area (Å²) in [6, 6.07) is -0.855. The first-order valence-electron chi connectivity index (χ1n) is 36.3. The lowest BCUT2D eigenvalue weighted by molar-refractivity contribution is -0.870. The molecular formula is C75H140N2O7P+. The molecule has 0 saturated carbocycles. The van der Waals surface area contributed by atoms with Crippen LogP contribution < -0.4 is 5.32 Å². The lowest BCUT2D eigenvalue weighted by Crippen LogP contribution is -2.47. The van der Waals surface area contributed by atoms with Gasteiger partial charge in [0, 0.05) is 12.8 Å². The smallest absolute Gasteiger partial charge is 0.456 e. The zero-order valence-electron chi connectivity index (χ0n) is 56.9. The Morgan fingerprint density at radius 2 is 0.753 bits per heavy atom. The summed E-state index contributed by atoms with van der Waals surface area (Å²) >= 11 is 0. The minimum Gasteiger partial charge on any atom is -0.456 e. The molecule has 0 rings (SSSR count). The number of nitrogens with one attached hydrogen (secondary N) is 1. The Hall–Kier alpha value is -2.55. The Balaban J connectivity index is 5.00. The number of carbonyl (C=O) groups is 2. The molecule has 0 aromatic carbocycles. The fourth-order valence-electron chi connectivity index (χ4n) is 10.6. The largest absolute Gasteiger partial charge is 0.472 e. The molecule has 0 aromatic rings. The summed E-state index contributed by atoms with van der Waals surface area (Å²) in [5.41, 5.74) is 0. The van der Waals surface area contributed by atoms with Crippen LogP contribution in [0.3, 0.4) is 0 Å². The number of phosphoric ester groups is 1. The summed E-state index contributed by atoms with van der Waals surface area (Å²) in [5, 5.41) is 3.07. The number of carbonyl (C=O) groups excluding carboxylic acids is 2.